The number of carbonyl (C=O) groups is 3. The molecule has 2 amide bonds. The lowest BCUT2D eigenvalue weighted by Crippen LogP contribution is -2.51. The van der Waals surface area contributed by atoms with Crippen LogP contribution in [0.3, 0.4) is 0 Å². The van der Waals surface area contributed by atoms with Gasteiger partial charge >= 0.3 is 12.1 Å². The molecule has 34 heavy (non-hydrogen) atoms. The van der Waals surface area contributed by atoms with Crippen molar-refractivity contribution in [3.05, 3.63) is 59.7 Å². The minimum atomic E-state index is -1.02. The lowest BCUT2D eigenvalue weighted by atomic mass is 9.88. The molecule has 2 bridgehead atoms. The predicted octanol–water partition coefficient (Wildman–Crippen LogP) is 4.30. The van der Waals surface area contributed by atoms with Gasteiger partial charge in [0.05, 0.1) is 0 Å². The summed E-state index contributed by atoms with van der Waals surface area (Å²) in [6, 6.07) is 16.1. The molecule has 0 spiro atoms. The Kier molecular flexibility index (Phi) is 5.80. The number of carboxylic acids is 1. The monoisotopic (exact) mass is 462 g/mol. The van der Waals surface area contributed by atoms with E-state index in [2.05, 4.69) is 29.6 Å². The summed E-state index contributed by atoms with van der Waals surface area (Å²) in [5.41, 5.74) is 3.64. The fourth-order valence-electron chi connectivity index (χ4n) is 6.06. The van der Waals surface area contributed by atoms with Gasteiger partial charge in [-0.05, 0) is 61.3 Å². The quantitative estimate of drug-likeness (QED) is 0.640. The van der Waals surface area contributed by atoms with Crippen molar-refractivity contribution in [1.82, 2.24) is 10.2 Å². The van der Waals surface area contributed by atoms with Crippen molar-refractivity contribution < 1.29 is 24.2 Å². The van der Waals surface area contributed by atoms with Crippen molar-refractivity contribution in [3.8, 4) is 11.1 Å². The molecule has 0 aromatic heterocycles. The molecule has 1 unspecified atom stereocenters. The number of hydrogen-bond donors (Lipinski definition) is 2. The highest BCUT2D eigenvalue weighted by molar-refractivity contribution is 5.89. The van der Waals surface area contributed by atoms with Gasteiger partial charge in [0.15, 0.2) is 0 Å². The lowest BCUT2D eigenvalue weighted by Gasteiger charge is -2.31. The molecule has 1 atom stereocenters. The average Bonchev–Trinajstić information content (AvgIpc) is 3.50. The molecular formula is C27H30N2O5. The number of benzene rings is 2. The highest BCUT2D eigenvalue weighted by atomic mass is 16.5. The maximum absolute atomic E-state index is 12.9. The third-order valence-electron chi connectivity index (χ3n) is 7.77. The Morgan fingerprint density at radius 1 is 1.06 bits per heavy atom. The van der Waals surface area contributed by atoms with E-state index in [1.54, 1.807) is 4.90 Å². The summed E-state index contributed by atoms with van der Waals surface area (Å²) in [4.78, 5) is 38.8. The zero-order valence-electron chi connectivity index (χ0n) is 19.3. The topological polar surface area (TPSA) is 95.9 Å². The van der Waals surface area contributed by atoms with Crippen LogP contribution in [-0.2, 0) is 14.3 Å². The number of aliphatic carboxylic acids is 1. The minimum absolute atomic E-state index is 0.00659. The second-order valence-electron chi connectivity index (χ2n) is 9.74. The fraction of sp³-hybridized carbons (Fsp3) is 0.444. The first-order valence-electron chi connectivity index (χ1n) is 12.1. The van der Waals surface area contributed by atoms with Gasteiger partial charge in [-0.2, -0.15) is 0 Å². The van der Waals surface area contributed by atoms with Crippen LogP contribution in [0.5, 0.6) is 0 Å². The predicted molar refractivity (Wildman–Crippen MR) is 126 cm³/mol. The van der Waals surface area contributed by atoms with Crippen LogP contribution in [0, 0.1) is 0 Å². The van der Waals surface area contributed by atoms with Crippen LogP contribution in [0.1, 0.15) is 62.5 Å². The van der Waals surface area contributed by atoms with E-state index in [-0.39, 0.29) is 36.9 Å². The molecule has 2 aliphatic heterocycles. The normalized spacial score (nSPS) is 23.3. The van der Waals surface area contributed by atoms with Crippen molar-refractivity contribution in [1.29, 1.82) is 0 Å². The molecule has 0 radical (unpaired) electrons. The van der Waals surface area contributed by atoms with E-state index in [0.717, 1.165) is 24.0 Å². The number of fused-ring (bicyclic) bond motifs is 5. The summed E-state index contributed by atoms with van der Waals surface area (Å²) in [6.45, 7) is 2.07. The first-order valence-corrected chi connectivity index (χ1v) is 12.1. The molecule has 3 aliphatic rings. The summed E-state index contributed by atoms with van der Waals surface area (Å²) in [5.74, 6) is -1.04. The Labute approximate surface area is 199 Å². The van der Waals surface area contributed by atoms with Gasteiger partial charge in [0, 0.05) is 24.4 Å². The van der Waals surface area contributed by atoms with Crippen LogP contribution in [0.4, 0.5) is 4.79 Å². The SMILES string of the molecule is CC(CCC(=O)N1C2CCC1(C(=O)O)CC2)NC(=O)OCC1c2ccccc2-c2ccccc21. The van der Waals surface area contributed by atoms with Gasteiger partial charge in [-0.3, -0.25) is 4.79 Å². The summed E-state index contributed by atoms with van der Waals surface area (Å²) in [7, 11) is 0. The van der Waals surface area contributed by atoms with Gasteiger partial charge in [0.1, 0.15) is 12.1 Å². The smallest absolute Gasteiger partial charge is 0.407 e. The van der Waals surface area contributed by atoms with Crippen LogP contribution in [0.2, 0.25) is 0 Å². The van der Waals surface area contributed by atoms with E-state index >= 15 is 0 Å². The molecule has 2 fully saturated rings. The third kappa shape index (κ3) is 3.73. The van der Waals surface area contributed by atoms with E-state index < -0.39 is 17.6 Å². The van der Waals surface area contributed by atoms with Crippen LogP contribution >= 0.6 is 0 Å². The zero-order valence-corrected chi connectivity index (χ0v) is 19.3. The Balaban J connectivity index is 1.14. The molecule has 2 N–H and O–H groups in total. The summed E-state index contributed by atoms with van der Waals surface area (Å²) in [6.07, 6.45) is 2.71. The summed E-state index contributed by atoms with van der Waals surface area (Å²) in [5, 5.41) is 12.5. The second-order valence-corrected chi connectivity index (χ2v) is 9.74. The highest BCUT2D eigenvalue weighted by Gasteiger charge is 2.58. The van der Waals surface area contributed by atoms with Gasteiger partial charge in [0.2, 0.25) is 5.91 Å². The first kappa shape index (κ1) is 22.4. The summed E-state index contributed by atoms with van der Waals surface area (Å²) >= 11 is 0. The van der Waals surface area contributed by atoms with Crippen molar-refractivity contribution in [3.63, 3.8) is 0 Å². The van der Waals surface area contributed by atoms with Gasteiger partial charge in [-0.25, -0.2) is 9.59 Å². The molecular weight excluding hydrogens is 432 g/mol. The molecule has 2 aromatic rings. The van der Waals surface area contributed by atoms with Gasteiger partial charge in [-0.15, -0.1) is 0 Å². The van der Waals surface area contributed by atoms with Crippen molar-refractivity contribution in [2.75, 3.05) is 6.61 Å². The van der Waals surface area contributed by atoms with Gasteiger partial charge in [-0.1, -0.05) is 48.5 Å². The van der Waals surface area contributed by atoms with E-state index in [9.17, 15) is 19.5 Å². The number of nitrogens with one attached hydrogen (secondary N) is 1. The van der Waals surface area contributed by atoms with Crippen LogP contribution in [0.25, 0.3) is 11.1 Å². The Bertz CT molecular complexity index is 1080. The third-order valence-corrected chi connectivity index (χ3v) is 7.77. The highest BCUT2D eigenvalue weighted by Crippen LogP contribution is 2.47. The van der Waals surface area contributed by atoms with Crippen LogP contribution in [-0.4, -0.2) is 52.2 Å². The van der Waals surface area contributed by atoms with Crippen molar-refractivity contribution in [2.45, 2.75) is 69.0 Å². The molecule has 178 valence electrons. The molecule has 5 rings (SSSR count). The molecule has 1 aliphatic carbocycles. The molecule has 0 saturated carbocycles. The Morgan fingerprint density at radius 3 is 2.24 bits per heavy atom. The Hall–Kier alpha value is -3.35. The number of amides is 2. The maximum atomic E-state index is 12.9. The van der Waals surface area contributed by atoms with E-state index in [1.165, 1.54) is 11.1 Å². The minimum Gasteiger partial charge on any atom is -0.479 e. The largest absolute Gasteiger partial charge is 0.479 e. The number of nitrogens with zero attached hydrogens (tertiary/aromatic N) is 1. The molecule has 7 heteroatoms. The van der Waals surface area contributed by atoms with Crippen LogP contribution in [0.15, 0.2) is 48.5 Å². The van der Waals surface area contributed by atoms with Crippen LogP contribution < -0.4 is 5.32 Å². The number of alkyl carbamates (subject to hydrolysis) is 1. The number of hydrogen-bond acceptors (Lipinski definition) is 4. The molecule has 7 nitrogen and oxygen atoms in total. The average molecular weight is 463 g/mol. The van der Waals surface area contributed by atoms with E-state index in [1.807, 2.05) is 31.2 Å². The fourth-order valence-corrected chi connectivity index (χ4v) is 6.06. The zero-order chi connectivity index (χ0) is 23.9. The Morgan fingerprint density at radius 2 is 1.65 bits per heavy atom. The number of carbonyl (C=O) groups excluding carboxylic acids is 2. The first-order chi connectivity index (χ1) is 16.4. The number of ether oxygens (including phenoxy) is 1. The number of rotatable bonds is 7. The molecule has 2 aromatic carbocycles. The maximum Gasteiger partial charge on any atom is 0.407 e. The molecule has 2 heterocycles. The number of carboxylic acid groups (broad SMARTS) is 1. The standard InChI is InChI=1S/C27H30N2O5/c1-17(10-11-24(30)29-18-12-14-27(29,15-13-18)25(31)32)28-26(33)34-16-23-21-8-4-2-6-19(21)20-7-3-5-9-22(20)23/h2-9,17-18,23H,10-16H2,1H3,(H,28,33)(H,31,32). The summed E-state index contributed by atoms with van der Waals surface area (Å²) < 4.78 is 5.59. The van der Waals surface area contributed by atoms with Crippen molar-refractivity contribution in [2.24, 2.45) is 0 Å². The second kappa shape index (κ2) is 8.78. The lowest BCUT2D eigenvalue weighted by molar-refractivity contribution is -0.155. The van der Waals surface area contributed by atoms with E-state index in [4.69, 9.17) is 4.74 Å². The van der Waals surface area contributed by atoms with Gasteiger partial charge in [0.25, 0.3) is 0 Å². The molecule has 2 saturated heterocycles. The van der Waals surface area contributed by atoms with Gasteiger partial charge < -0.3 is 20.1 Å². The van der Waals surface area contributed by atoms with Crippen molar-refractivity contribution >= 4 is 18.0 Å². The van der Waals surface area contributed by atoms with E-state index in [0.29, 0.717) is 19.3 Å².